The van der Waals surface area contributed by atoms with Crippen molar-refractivity contribution in [2.45, 2.75) is 25.7 Å². The van der Waals surface area contributed by atoms with Crippen LogP contribution in [0.1, 0.15) is 25.7 Å². The average Bonchev–Trinajstić information content (AvgIpc) is 3.14. The summed E-state index contributed by atoms with van der Waals surface area (Å²) in [6, 6.07) is 3.58. The minimum atomic E-state index is 0. The molecule has 0 saturated heterocycles. The first kappa shape index (κ1) is 15.8. The standard InChI is InChI=1S/2C6H7NO.Mg/c7-3-6(4-8)5-1-2-5;7-4-3-6(8)5-1-2-5;/h4-5,8H,1-2H2;3,5,8H,1-2H2;/q;;+2/p-2/b6-4-;6-3+;. The fourth-order valence-corrected chi connectivity index (χ4v) is 1.16. The molecule has 0 unspecified atom stereocenters. The van der Waals surface area contributed by atoms with Crippen LogP contribution in [0.2, 0.25) is 0 Å². The molecule has 0 radical (unpaired) electrons. The van der Waals surface area contributed by atoms with Crippen molar-refractivity contribution >= 4 is 23.1 Å². The molecular formula is C12H12MgN2O2. The summed E-state index contributed by atoms with van der Waals surface area (Å²) >= 11 is 0. The fraction of sp³-hybridized carbons (Fsp3) is 0.500. The third-order valence-electron chi connectivity index (χ3n) is 2.46. The maximum atomic E-state index is 10.5. The van der Waals surface area contributed by atoms with Gasteiger partial charge in [0.05, 0.1) is 12.1 Å². The number of nitriles is 2. The van der Waals surface area contributed by atoms with Gasteiger partial charge in [0.15, 0.2) is 0 Å². The van der Waals surface area contributed by atoms with E-state index in [0.29, 0.717) is 17.8 Å². The molecular weight excluding hydrogens is 228 g/mol. The van der Waals surface area contributed by atoms with Gasteiger partial charge >= 0.3 is 23.1 Å². The summed E-state index contributed by atoms with van der Waals surface area (Å²) in [5.74, 6) is 0.527. The third kappa shape index (κ3) is 6.21. The quantitative estimate of drug-likeness (QED) is 0.384. The molecule has 2 fully saturated rings. The second-order valence-corrected chi connectivity index (χ2v) is 3.91. The molecule has 0 aromatic rings. The van der Waals surface area contributed by atoms with E-state index in [4.69, 9.17) is 10.5 Å². The molecule has 0 aromatic heterocycles. The van der Waals surface area contributed by atoms with E-state index in [9.17, 15) is 10.2 Å². The summed E-state index contributed by atoms with van der Waals surface area (Å²) in [7, 11) is 0. The van der Waals surface area contributed by atoms with Gasteiger partial charge in [-0.2, -0.15) is 10.5 Å². The van der Waals surface area contributed by atoms with Crippen LogP contribution in [0.15, 0.2) is 23.7 Å². The van der Waals surface area contributed by atoms with E-state index in [0.717, 1.165) is 31.8 Å². The van der Waals surface area contributed by atoms with Crippen molar-refractivity contribution in [3.63, 3.8) is 0 Å². The van der Waals surface area contributed by atoms with Crippen LogP contribution < -0.4 is 10.2 Å². The van der Waals surface area contributed by atoms with Crippen molar-refractivity contribution in [2.75, 3.05) is 0 Å². The summed E-state index contributed by atoms with van der Waals surface area (Å²) in [4.78, 5) is 0. The second-order valence-electron chi connectivity index (χ2n) is 3.91. The molecule has 0 spiro atoms. The van der Waals surface area contributed by atoms with E-state index in [2.05, 4.69) is 0 Å². The normalized spacial score (nSPS) is 18.9. The predicted molar refractivity (Wildman–Crippen MR) is 58.6 cm³/mol. The van der Waals surface area contributed by atoms with Gasteiger partial charge in [-0.15, -0.1) is 12.0 Å². The van der Waals surface area contributed by atoms with Gasteiger partial charge in [-0.3, -0.25) is 0 Å². The smallest absolute Gasteiger partial charge is 0.877 e. The molecule has 0 heterocycles. The van der Waals surface area contributed by atoms with E-state index < -0.39 is 0 Å². The van der Waals surface area contributed by atoms with Crippen molar-refractivity contribution in [3.8, 4) is 12.1 Å². The van der Waals surface area contributed by atoms with Gasteiger partial charge in [0.25, 0.3) is 0 Å². The van der Waals surface area contributed by atoms with Crippen LogP contribution in [0, 0.1) is 34.5 Å². The summed E-state index contributed by atoms with van der Waals surface area (Å²) in [5.41, 5.74) is 0.421. The van der Waals surface area contributed by atoms with E-state index in [1.807, 2.05) is 6.07 Å². The van der Waals surface area contributed by atoms with Crippen LogP contribution in [0.3, 0.4) is 0 Å². The summed E-state index contributed by atoms with van der Waals surface area (Å²) in [6.07, 6.45) is 5.78. The van der Waals surface area contributed by atoms with Gasteiger partial charge in [0.1, 0.15) is 0 Å². The van der Waals surface area contributed by atoms with E-state index in [-0.39, 0.29) is 34.7 Å². The zero-order chi connectivity index (χ0) is 12.0. The van der Waals surface area contributed by atoms with Crippen LogP contribution in [0.25, 0.3) is 0 Å². The molecule has 0 N–H and O–H groups in total. The van der Waals surface area contributed by atoms with Gasteiger partial charge < -0.3 is 10.2 Å². The zero-order valence-electron chi connectivity index (χ0n) is 9.56. The van der Waals surface area contributed by atoms with Crippen LogP contribution in [0.5, 0.6) is 0 Å². The Morgan fingerprint density at radius 3 is 1.88 bits per heavy atom. The van der Waals surface area contributed by atoms with Crippen LogP contribution in [-0.2, 0) is 0 Å². The number of nitrogens with zero attached hydrogens (tertiary/aromatic N) is 2. The Labute approximate surface area is 117 Å². The molecule has 2 aliphatic rings. The number of rotatable bonds is 2. The molecule has 2 rings (SSSR count). The van der Waals surface area contributed by atoms with E-state index in [1.165, 1.54) is 0 Å². The van der Waals surface area contributed by atoms with Gasteiger partial charge in [0, 0.05) is 11.6 Å². The number of hydrogen-bond donors (Lipinski definition) is 0. The zero-order valence-corrected chi connectivity index (χ0v) is 11.0. The molecule has 4 nitrogen and oxygen atoms in total. The van der Waals surface area contributed by atoms with Crippen LogP contribution in [-0.4, -0.2) is 23.1 Å². The molecule has 0 atom stereocenters. The predicted octanol–water partition coefficient (Wildman–Crippen LogP) is -0.0524. The van der Waals surface area contributed by atoms with Crippen molar-refractivity contribution in [1.29, 1.82) is 10.5 Å². The molecule has 0 amide bonds. The largest absolute Gasteiger partial charge is 2.00 e. The maximum Gasteiger partial charge on any atom is 2.00 e. The fourth-order valence-electron chi connectivity index (χ4n) is 1.16. The van der Waals surface area contributed by atoms with Gasteiger partial charge in [-0.1, -0.05) is 0 Å². The Kier molecular flexibility index (Phi) is 7.44. The molecule has 2 aliphatic carbocycles. The van der Waals surface area contributed by atoms with E-state index in [1.54, 1.807) is 6.07 Å². The van der Waals surface area contributed by atoms with Crippen LogP contribution >= 0.6 is 0 Å². The van der Waals surface area contributed by atoms with Crippen molar-refractivity contribution in [3.05, 3.63) is 23.7 Å². The minimum Gasteiger partial charge on any atom is -0.877 e. The Hall–Kier alpha value is -1.17. The summed E-state index contributed by atoms with van der Waals surface area (Å²) in [5, 5.41) is 36.7. The molecule has 0 aromatic carbocycles. The van der Waals surface area contributed by atoms with Gasteiger partial charge in [0.2, 0.25) is 0 Å². The SMILES string of the molecule is N#C/C(=C/[O-])C1CC1.N#C/C=C(/[O-])C1CC1.[Mg+2]. The Morgan fingerprint density at radius 1 is 1.12 bits per heavy atom. The van der Waals surface area contributed by atoms with Gasteiger partial charge in [-0.05, 0) is 37.5 Å². The molecule has 5 heteroatoms. The molecule has 17 heavy (non-hydrogen) atoms. The third-order valence-corrected chi connectivity index (χ3v) is 2.46. The maximum absolute atomic E-state index is 10.5. The number of allylic oxidation sites excluding steroid dienone is 3. The van der Waals surface area contributed by atoms with E-state index >= 15 is 0 Å². The first-order chi connectivity index (χ1) is 7.72. The average molecular weight is 241 g/mol. The van der Waals surface area contributed by atoms with Crippen molar-refractivity contribution in [2.24, 2.45) is 11.8 Å². The molecule has 0 aliphatic heterocycles. The molecule has 84 valence electrons. The number of hydrogen-bond acceptors (Lipinski definition) is 4. The summed E-state index contributed by atoms with van der Waals surface area (Å²) in [6.45, 7) is 0. The second kappa shape index (κ2) is 8.00. The topological polar surface area (TPSA) is 93.7 Å². The Bertz CT molecular complexity index is 382. The molecule has 2 saturated carbocycles. The first-order valence-electron chi connectivity index (χ1n) is 5.21. The van der Waals surface area contributed by atoms with Gasteiger partial charge in [-0.25, -0.2) is 0 Å². The Morgan fingerprint density at radius 2 is 1.65 bits per heavy atom. The minimum absolute atomic E-state index is 0. The Balaban J connectivity index is 0.000000284. The van der Waals surface area contributed by atoms with Crippen molar-refractivity contribution in [1.82, 2.24) is 0 Å². The first-order valence-corrected chi connectivity index (χ1v) is 5.21. The monoisotopic (exact) mass is 240 g/mol. The van der Waals surface area contributed by atoms with Crippen molar-refractivity contribution < 1.29 is 10.2 Å². The molecule has 0 bridgehead atoms. The van der Waals surface area contributed by atoms with Crippen LogP contribution in [0.4, 0.5) is 0 Å². The summed E-state index contributed by atoms with van der Waals surface area (Å²) < 4.78 is 0.